The van der Waals surface area contributed by atoms with Crippen molar-refractivity contribution in [1.29, 1.82) is 0 Å². The Morgan fingerprint density at radius 2 is 1.64 bits per heavy atom. The van der Waals surface area contributed by atoms with Crippen LogP contribution in [0, 0.1) is 6.92 Å². The number of amides is 1. The van der Waals surface area contributed by atoms with Gasteiger partial charge in [0, 0.05) is 6.54 Å². The number of nitrogens with one attached hydrogen (secondary N) is 1. The highest BCUT2D eigenvalue weighted by Crippen LogP contribution is 2.15. The molecule has 0 radical (unpaired) electrons. The predicted octanol–water partition coefficient (Wildman–Crippen LogP) is 4.46. The first-order chi connectivity index (χ1) is 12.1. The number of benzene rings is 2. The first-order valence-electron chi connectivity index (χ1n) is 9.21. The molecule has 3 heteroatoms. The maximum absolute atomic E-state index is 12.3. The van der Waals surface area contributed by atoms with E-state index in [1.54, 1.807) is 0 Å². The molecule has 0 aromatic heterocycles. The number of aryl methyl sites for hydroxylation is 3. The SMILES string of the molecule is CCc1ccc(O[C@H](CC)C(=O)NCCCc2ccc(C)cc2)cc1. The molecule has 0 aliphatic rings. The third-order valence-corrected chi connectivity index (χ3v) is 4.34. The minimum atomic E-state index is -0.438. The van der Waals surface area contributed by atoms with E-state index in [0.717, 1.165) is 25.0 Å². The molecule has 0 aliphatic heterocycles. The van der Waals surface area contributed by atoms with Crippen LogP contribution < -0.4 is 10.1 Å². The minimum absolute atomic E-state index is 0.0361. The van der Waals surface area contributed by atoms with Crippen molar-refractivity contribution in [2.45, 2.75) is 52.6 Å². The van der Waals surface area contributed by atoms with Gasteiger partial charge in [0.15, 0.2) is 6.10 Å². The largest absolute Gasteiger partial charge is 0.481 e. The van der Waals surface area contributed by atoms with Crippen molar-refractivity contribution in [2.24, 2.45) is 0 Å². The van der Waals surface area contributed by atoms with Gasteiger partial charge in [0.1, 0.15) is 5.75 Å². The van der Waals surface area contributed by atoms with E-state index >= 15 is 0 Å². The van der Waals surface area contributed by atoms with Gasteiger partial charge in [-0.3, -0.25) is 4.79 Å². The summed E-state index contributed by atoms with van der Waals surface area (Å²) in [4.78, 5) is 12.3. The second kappa shape index (κ2) is 9.87. The Bertz CT molecular complexity index is 647. The lowest BCUT2D eigenvalue weighted by Gasteiger charge is -2.17. The number of carbonyl (C=O) groups excluding carboxylic acids is 1. The van der Waals surface area contributed by atoms with Crippen molar-refractivity contribution in [3.63, 3.8) is 0 Å². The lowest BCUT2D eigenvalue weighted by atomic mass is 10.1. The van der Waals surface area contributed by atoms with Gasteiger partial charge in [0.2, 0.25) is 0 Å². The summed E-state index contributed by atoms with van der Waals surface area (Å²) < 4.78 is 5.84. The van der Waals surface area contributed by atoms with E-state index in [9.17, 15) is 4.79 Å². The summed E-state index contributed by atoms with van der Waals surface area (Å²) in [7, 11) is 0. The molecular formula is C22H29NO2. The zero-order chi connectivity index (χ0) is 18.1. The molecule has 0 saturated carbocycles. The molecule has 0 aliphatic carbocycles. The zero-order valence-corrected chi connectivity index (χ0v) is 15.5. The van der Waals surface area contributed by atoms with Crippen LogP contribution in [0.5, 0.6) is 5.75 Å². The van der Waals surface area contributed by atoms with Crippen molar-refractivity contribution in [3.05, 3.63) is 65.2 Å². The average Bonchev–Trinajstić information content (AvgIpc) is 2.65. The molecule has 134 valence electrons. The monoisotopic (exact) mass is 339 g/mol. The Kier molecular flexibility index (Phi) is 7.52. The molecule has 2 aromatic carbocycles. The molecule has 0 unspecified atom stereocenters. The summed E-state index contributed by atoms with van der Waals surface area (Å²) in [5, 5.41) is 2.99. The van der Waals surface area contributed by atoms with Crippen LogP contribution in [-0.2, 0) is 17.6 Å². The molecule has 2 aromatic rings. The van der Waals surface area contributed by atoms with E-state index < -0.39 is 6.10 Å². The fourth-order valence-electron chi connectivity index (χ4n) is 2.66. The van der Waals surface area contributed by atoms with Crippen molar-refractivity contribution >= 4 is 5.91 Å². The molecule has 0 saturated heterocycles. The number of ether oxygens (including phenoxy) is 1. The minimum Gasteiger partial charge on any atom is -0.481 e. The molecule has 1 N–H and O–H groups in total. The average molecular weight is 339 g/mol. The highest BCUT2D eigenvalue weighted by atomic mass is 16.5. The highest BCUT2D eigenvalue weighted by molar-refractivity contribution is 5.81. The fraction of sp³-hybridized carbons (Fsp3) is 0.409. The van der Waals surface area contributed by atoms with Crippen LogP contribution in [-0.4, -0.2) is 18.6 Å². The van der Waals surface area contributed by atoms with Crippen LogP contribution in [0.4, 0.5) is 0 Å². The standard InChI is InChI=1S/C22H29NO2/c1-4-18-12-14-20(15-13-18)25-21(5-2)22(24)23-16-6-7-19-10-8-17(3)9-11-19/h8-15,21H,4-7,16H2,1-3H3,(H,23,24)/t21-/m1/s1. The van der Waals surface area contributed by atoms with Crippen LogP contribution in [0.2, 0.25) is 0 Å². The number of carbonyl (C=O) groups is 1. The molecule has 3 nitrogen and oxygen atoms in total. The van der Waals surface area contributed by atoms with Crippen molar-refractivity contribution < 1.29 is 9.53 Å². The lowest BCUT2D eigenvalue weighted by Crippen LogP contribution is -2.38. The molecular weight excluding hydrogens is 310 g/mol. The first-order valence-corrected chi connectivity index (χ1v) is 9.21. The van der Waals surface area contributed by atoms with Gasteiger partial charge in [-0.15, -0.1) is 0 Å². The zero-order valence-electron chi connectivity index (χ0n) is 15.5. The summed E-state index contributed by atoms with van der Waals surface area (Å²) in [6.07, 6.45) is 3.11. The van der Waals surface area contributed by atoms with E-state index in [1.165, 1.54) is 16.7 Å². The Morgan fingerprint density at radius 3 is 2.24 bits per heavy atom. The number of hydrogen-bond donors (Lipinski definition) is 1. The fourth-order valence-corrected chi connectivity index (χ4v) is 2.66. The van der Waals surface area contributed by atoms with Crippen molar-refractivity contribution in [1.82, 2.24) is 5.32 Å². The summed E-state index contributed by atoms with van der Waals surface area (Å²) in [5.41, 5.74) is 3.84. The maximum Gasteiger partial charge on any atom is 0.261 e. The predicted molar refractivity (Wildman–Crippen MR) is 103 cm³/mol. The molecule has 0 bridgehead atoms. The molecule has 0 spiro atoms. The van der Waals surface area contributed by atoms with Crippen molar-refractivity contribution in [3.8, 4) is 5.75 Å². The molecule has 0 fully saturated rings. The topological polar surface area (TPSA) is 38.3 Å². The van der Waals surface area contributed by atoms with Crippen LogP contribution >= 0.6 is 0 Å². The summed E-state index contributed by atoms with van der Waals surface area (Å²) in [6, 6.07) is 16.5. The Morgan fingerprint density at radius 1 is 1.00 bits per heavy atom. The normalized spacial score (nSPS) is 11.8. The molecule has 0 heterocycles. The molecule has 2 rings (SSSR count). The van der Waals surface area contributed by atoms with Gasteiger partial charge >= 0.3 is 0 Å². The third-order valence-electron chi connectivity index (χ3n) is 4.34. The highest BCUT2D eigenvalue weighted by Gasteiger charge is 2.17. The van der Waals surface area contributed by atoms with E-state index in [4.69, 9.17) is 4.74 Å². The second-order valence-electron chi connectivity index (χ2n) is 6.39. The maximum atomic E-state index is 12.3. The summed E-state index contributed by atoms with van der Waals surface area (Å²) >= 11 is 0. The molecule has 25 heavy (non-hydrogen) atoms. The van der Waals surface area contributed by atoms with E-state index in [2.05, 4.69) is 43.4 Å². The third kappa shape index (κ3) is 6.26. The van der Waals surface area contributed by atoms with E-state index in [0.29, 0.717) is 13.0 Å². The molecule has 1 atom stereocenters. The van der Waals surface area contributed by atoms with Crippen LogP contribution in [0.3, 0.4) is 0 Å². The van der Waals surface area contributed by atoms with E-state index in [-0.39, 0.29) is 5.91 Å². The second-order valence-corrected chi connectivity index (χ2v) is 6.39. The summed E-state index contributed by atoms with van der Waals surface area (Å²) in [5.74, 6) is 0.713. The van der Waals surface area contributed by atoms with Crippen LogP contribution in [0.25, 0.3) is 0 Å². The first kappa shape index (κ1) is 19.0. The van der Waals surface area contributed by atoms with Gasteiger partial charge in [0.05, 0.1) is 0 Å². The Balaban J connectivity index is 1.75. The van der Waals surface area contributed by atoms with Gasteiger partial charge in [-0.1, -0.05) is 55.8 Å². The van der Waals surface area contributed by atoms with Gasteiger partial charge < -0.3 is 10.1 Å². The Hall–Kier alpha value is -2.29. The van der Waals surface area contributed by atoms with Crippen LogP contribution in [0.15, 0.2) is 48.5 Å². The molecule has 1 amide bonds. The van der Waals surface area contributed by atoms with Gasteiger partial charge in [0.25, 0.3) is 5.91 Å². The van der Waals surface area contributed by atoms with Crippen LogP contribution in [0.1, 0.15) is 43.4 Å². The number of hydrogen-bond acceptors (Lipinski definition) is 2. The smallest absolute Gasteiger partial charge is 0.261 e. The van der Waals surface area contributed by atoms with Gasteiger partial charge in [-0.2, -0.15) is 0 Å². The lowest BCUT2D eigenvalue weighted by molar-refractivity contribution is -0.128. The van der Waals surface area contributed by atoms with Gasteiger partial charge in [-0.05, 0) is 55.9 Å². The summed E-state index contributed by atoms with van der Waals surface area (Å²) in [6.45, 7) is 6.84. The number of rotatable bonds is 9. The van der Waals surface area contributed by atoms with Crippen molar-refractivity contribution in [2.75, 3.05) is 6.54 Å². The van der Waals surface area contributed by atoms with E-state index in [1.807, 2.05) is 31.2 Å². The quantitative estimate of drug-likeness (QED) is 0.685. The van der Waals surface area contributed by atoms with Gasteiger partial charge in [-0.25, -0.2) is 0 Å². The Labute approximate surface area is 151 Å².